The van der Waals surface area contributed by atoms with Crippen molar-refractivity contribution >= 4 is 23.6 Å². The van der Waals surface area contributed by atoms with Crippen LogP contribution in [0.15, 0.2) is 170 Å². The summed E-state index contributed by atoms with van der Waals surface area (Å²) < 4.78 is 52.1. The molecule has 26 heteroatoms. The third-order valence-corrected chi connectivity index (χ3v) is 21.4. The van der Waals surface area contributed by atoms with Crippen molar-refractivity contribution in [3.63, 3.8) is 0 Å². The minimum atomic E-state index is -0.167. The first-order valence-corrected chi connectivity index (χ1v) is 38.4. The molecule has 582 valence electrons. The van der Waals surface area contributed by atoms with Gasteiger partial charge in [0.25, 0.3) is 23.5 Å². The van der Waals surface area contributed by atoms with Crippen molar-refractivity contribution in [2.24, 2.45) is 46.6 Å². The van der Waals surface area contributed by atoms with Crippen molar-refractivity contribution in [1.82, 2.24) is 44.9 Å². The summed E-state index contributed by atoms with van der Waals surface area (Å²) in [6, 6.07) is 48.7. The van der Waals surface area contributed by atoms with Crippen LogP contribution in [0.2, 0.25) is 0 Å². The van der Waals surface area contributed by atoms with E-state index in [0.717, 1.165) is 178 Å². The van der Waals surface area contributed by atoms with Gasteiger partial charge >= 0.3 is 0 Å². The van der Waals surface area contributed by atoms with E-state index in [0.29, 0.717) is 72.9 Å². The van der Waals surface area contributed by atoms with Gasteiger partial charge in [-0.15, -0.1) is 0 Å². The molecule has 26 nitrogen and oxygen atoms in total. The van der Waals surface area contributed by atoms with Crippen molar-refractivity contribution in [3.05, 3.63) is 215 Å². The highest BCUT2D eigenvalue weighted by Crippen LogP contribution is 2.39. The van der Waals surface area contributed by atoms with Gasteiger partial charge < -0.3 is 70.9 Å². The molecule has 13 heterocycles. The Morgan fingerprint density at radius 1 is 0.336 bits per heavy atom. The van der Waals surface area contributed by atoms with Crippen LogP contribution in [0.1, 0.15) is 122 Å². The Kier molecular flexibility index (Phi) is 27.4. The number of carbonyl (C=O) groups excluding carboxylic acids is 4. The number of pyridine rings is 4. The van der Waals surface area contributed by atoms with Crippen molar-refractivity contribution in [3.8, 4) is 46.5 Å². The number of benzene rings is 4. The maximum Gasteiger partial charge on any atom is 0.257 e. The fourth-order valence-electron chi connectivity index (χ4n) is 14.7. The second kappa shape index (κ2) is 38.7. The first-order valence-electron chi connectivity index (χ1n) is 38.4. The summed E-state index contributed by atoms with van der Waals surface area (Å²) >= 11 is 0. The Morgan fingerprint density at radius 3 is 0.809 bits per heavy atom. The summed E-state index contributed by atoms with van der Waals surface area (Å²) in [5.41, 5.74) is 30.7. The van der Waals surface area contributed by atoms with Crippen LogP contribution in [-0.2, 0) is 50.1 Å². The van der Waals surface area contributed by atoms with Gasteiger partial charge in [-0.25, -0.2) is 19.9 Å². The predicted molar refractivity (Wildman–Crippen MR) is 413 cm³/mol. The van der Waals surface area contributed by atoms with Crippen LogP contribution >= 0.6 is 0 Å². The highest BCUT2D eigenvalue weighted by atomic mass is 16.6. The predicted octanol–water partition coefficient (Wildman–Crippen LogP) is 9.02. The molecular weight excluding hydrogens is 1400 g/mol. The molecule has 0 saturated carbocycles. The molecule has 5 saturated heterocycles. The number of likely N-dealkylation sites (tertiary alicyclic amines) is 3. The number of hydrogen-bond donors (Lipinski definition) is 5. The number of nitrogens with one attached hydrogen (secondary N) is 1. The third kappa shape index (κ3) is 21.9. The van der Waals surface area contributed by atoms with E-state index in [9.17, 15) is 19.2 Å². The van der Waals surface area contributed by atoms with E-state index in [1.807, 2.05) is 48.5 Å². The number of rotatable bonds is 16. The van der Waals surface area contributed by atoms with E-state index in [2.05, 4.69) is 142 Å². The van der Waals surface area contributed by atoms with Crippen LogP contribution in [0.3, 0.4) is 0 Å². The first kappa shape index (κ1) is 77.7. The molecule has 8 aromatic rings. The van der Waals surface area contributed by atoms with Crippen LogP contribution in [0.25, 0.3) is 0 Å². The van der Waals surface area contributed by atoms with E-state index >= 15 is 0 Å². The fraction of sp³-hybridized carbons (Fsp3) is 0.429. The maximum absolute atomic E-state index is 11.3. The molecule has 4 aromatic carbocycles. The Bertz CT molecular complexity index is 3950. The van der Waals surface area contributed by atoms with Crippen LogP contribution in [-0.4, -0.2) is 168 Å². The molecule has 4 atom stereocenters. The molecule has 4 aromatic heterocycles. The lowest BCUT2D eigenvalue weighted by atomic mass is 9.96. The number of hydrogen-bond acceptors (Lipinski definition) is 22. The van der Waals surface area contributed by atoms with Gasteiger partial charge in [-0.05, 0) is 197 Å². The number of primary amides is 4. The smallest absolute Gasteiger partial charge is 0.257 e. The van der Waals surface area contributed by atoms with Gasteiger partial charge in [0.05, 0.1) is 13.2 Å². The van der Waals surface area contributed by atoms with Gasteiger partial charge in [-0.1, -0.05) is 97.1 Å². The van der Waals surface area contributed by atoms with Crippen LogP contribution < -0.4 is 66.1 Å². The average Bonchev–Trinajstić information content (AvgIpc) is 0.833. The molecule has 0 aliphatic carbocycles. The summed E-state index contributed by atoms with van der Waals surface area (Å²) in [5, 5.41) is 3.16. The number of carbonyl (C=O) groups is 4. The van der Waals surface area contributed by atoms with E-state index in [4.69, 9.17) is 65.6 Å². The largest absolute Gasteiger partial charge is 0.484 e. The molecule has 0 bridgehead atoms. The second-order valence-corrected chi connectivity index (χ2v) is 29.0. The van der Waals surface area contributed by atoms with Crippen molar-refractivity contribution in [2.45, 2.75) is 102 Å². The molecular formula is C84H103N13O13. The van der Waals surface area contributed by atoms with Gasteiger partial charge in [0.2, 0.25) is 23.6 Å². The molecule has 9 aliphatic heterocycles. The lowest BCUT2D eigenvalue weighted by Gasteiger charge is -2.30. The zero-order chi connectivity index (χ0) is 76.0. The quantitative estimate of drug-likeness (QED) is 0.0602. The van der Waals surface area contributed by atoms with Gasteiger partial charge in [-0.2, -0.15) is 0 Å². The lowest BCUT2D eigenvalue weighted by Crippen LogP contribution is -2.38. The van der Waals surface area contributed by atoms with E-state index < -0.39 is 0 Å². The molecule has 9 N–H and O–H groups in total. The molecule has 17 rings (SSSR count). The number of fused-ring (bicyclic) bond motifs is 4. The van der Waals surface area contributed by atoms with E-state index in [1.165, 1.54) is 22.3 Å². The zero-order valence-electron chi connectivity index (χ0n) is 62.3. The zero-order valence-corrected chi connectivity index (χ0v) is 62.3. The molecule has 9 aliphatic rings. The van der Waals surface area contributed by atoms with Gasteiger partial charge in [-0.3, -0.25) is 38.8 Å². The first-order chi connectivity index (χ1) is 53.7. The third-order valence-electron chi connectivity index (χ3n) is 21.4. The second-order valence-electron chi connectivity index (χ2n) is 29.0. The minimum absolute atomic E-state index is 0. The minimum Gasteiger partial charge on any atom is -0.484 e. The number of amides is 4. The number of nitrogens with two attached hydrogens (primary N) is 4. The molecule has 4 amide bonds. The van der Waals surface area contributed by atoms with Crippen molar-refractivity contribution in [2.75, 3.05) is 105 Å². The van der Waals surface area contributed by atoms with Crippen LogP contribution in [0, 0.1) is 23.7 Å². The summed E-state index contributed by atoms with van der Waals surface area (Å²) in [6.45, 7) is 16.6. The molecule has 2 unspecified atom stereocenters. The standard InChI is InChI=1S/3C20H23N3O3.C18H20N2O3.C6H12N2O.H2/c3*21-19(24)16-7-10-23(11-8-16)12-14-3-5-15(6-4-14)18-13-25-17-2-1-9-22-20(17)26-18;1-2-16-18(19-7-1)23-17(13-22-16)15-5-3-14(4-6-15)12-20-8-10-21-11-9-20;7-6(9)5-1-3-8-4-2-5;/h3*1-6,9,16,18H,7-8,10-13H2,(H2,21,24);1-7,17H,8-13H2;5,8H,1-4H2,(H2,7,9);1H/t2*18-;;;;/m10..../s1/i;;;;;1+1. The summed E-state index contributed by atoms with van der Waals surface area (Å²) in [7, 11) is 0. The molecule has 110 heavy (non-hydrogen) atoms. The number of piperidine rings is 4. The Labute approximate surface area is 643 Å². The van der Waals surface area contributed by atoms with Crippen LogP contribution in [0.5, 0.6) is 46.5 Å². The van der Waals surface area contributed by atoms with Gasteiger partial charge in [0.15, 0.2) is 47.4 Å². The van der Waals surface area contributed by atoms with Gasteiger partial charge in [0.1, 0.15) is 26.4 Å². The SMILES string of the molecule is NC(=O)C1CCN(Cc2ccc(C3COc4cccnc4O3)cc2)CC1.NC(=O)C1CCN(Cc2ccc([C@@H]3COc4cccnc4O3)cc2)CC1.NC(=O)C1CCN(Cc2ccc([C@H]3COc4cccnc4O3)cc2)CC1.NC(=O)C1CCNCC1.[2HH].c1cnc2c(c1)OCC(c1ccc(CN3CCOCC3)cc1)O2. The number of ether oxygens (including phenoxy) is 9. The Balaban J connectivity index is 0.000000132. The maximum atomic E-state index is 11.3. The molecule has 0 radical (unpaired) electrons. The van der Waals surface area contributed by atoms with Crippen molar-refractivity contribution < 1.29 is 63.2 Å². The normalized spacial score (nSPS) is 20.9. The monoisotopic (exact) mass is 1500 g/mol. The highest BCUT2D eigenvalue weighted by Gasteiger charge is 2.31. The summed E-state index contributed by atoms with van der Waals surface area (Å²) in [5.74, 6) is 4.60. The Hall–Kier alpha value is -10.5. The van der Waals surface area contributed by atoms with Crippen LogP contribution in [0.4, 0.5) is 0 Å². The number of aromatic nitrogens is 4. The average molecular weight is 1500 g/mol. The summed E-state index contributed by atoms with van der Waals surface area (Å²) in [6.07, 6.45) is 13.3. The van der Waals surface area contributed by atoms with E-state index in [1.54, 1.807) is 24.8 Å². The number of nitrogens with zero attached hydrogens (tertiary/aromatic N) is 8. The number of morpholine rings is 1. The molecule has 0 spiro atoms. The fourth-order valence-corrected chi connectivity index (χ4v) is 14.7. The topological polar surface area (TPSA) is 332 Å². The molecule has 5 fully saturated rings. The van der Waals surface area contributed by atoms with Gasteiger partial charge in [0, 0.05) is 89.2 Å². The van der Waals surface area contributed by atoms with Crippen molar-refractivity contribution in [1.29, 1.82) is 0 Å². The Morgan fingerprint density at radius 2 is 0.573 bits per heavy atom. The summed E-state index contributed by atoms with van der Waals surface area (Å²) in [4.78, 5) is 70.7. The highest BCUT2D eigenvalue weighted by molar-refractivity contribution is 5.78. The lowest BCUT2D eigenvalue weighted by molar-refractivity contribution is -0.124. The van der Waals surface area contributed by atoms with E-state index in [-0.39, 0.29) is 73.1 Å².